The normalized spacial score (nSPS) is 21.2. The van der Waals surface area contributed by atoms with E-state index in [1.807, 2.05) is 60.7 Å². The highest BCUT2D eigenvalue weighted by Crippen LogP contribution is 2.45. The van der Waals surface area contributed by atoms with Crippen LogP contribution >= 0.6 is 11.6 Å². The number of Topliss-reactive ketones (excluding diaryl/α,β-unsaturated/α-hetero) is 1. The molecule has 2 atom stereocenters. The van der Waals surface area contributed by atoms with Crippen LogP contribution in [0.15, 0.2) is 82.6 Å². The van der Waals surface area contributed by atoms with Gasteiger partial charge in [-0.2, -0.15) is 0 Å². The molecule has 0 saturated heterocycles. The maximum atomic E-state index is 13.3. The zero-order chi connectivity index (χ0) is 19.1. The standard InChI is InChI=1S/C23H19ClN2O2/c24-16-7-2-1-6-15(16)14-12-19-22(20(27)13-14)23(21-10-5-11-28-21)26-18-9-4-3-8-17(18)25-19/h1-11,14,23,25-26H,12-13H2. The number of fused-ring (bicyclic) bond motifs is 1. The van der Waals surface area contributed by atoms with Crippen LogP contribution in [0, 0.1) is 0 Å². The molecule has 4 nitrogen and oxygen atoms in total. The van der Waals surface area contributed by atoms with Crippen molar-refractivity contribution in [1.29, 1.82) is 0 Å². The number of carbonyl (C=O) groups excluding carboxylic acids is 1. The van der Waals surface area contributed by atoms with Crippen LogP contribution in [-0.2, 0) is 4.79 Å². The minimum Gasteiger partial charge on any atom is -0.467 e. The molecule has 1 aromatic heterocycles. The van der Waals surface area contributed by atoms with Gasteiger partial charge in [-0.05, 0) is 48.2 Å². The number of carbonyl (C=O) groups is 1. The van der Waals surface area contributed by atoms with Gasteiger partial charge in [0.05, 0.1) is 17.6 Å². The first-order valence-electron chi connectivity index (χ1n) is 9.37. The summed E-state index contributed by atoms with van der Waals surface area (Å²) in [6.07, 6.45) is 2.79. The molecule has 0 spiro atoms. The number of hydrogen-bond donors (Lipinski definition) is 2. The van der Waals surface area contributed by atoms with Gasteiger partial charge >= 0.3 is 0 Å². The first-order chi connectivity index (χ1) is 13.7. The van der Waals surface area contributed by atoms with Crippen LogP contribution in [0.3, 0.4) is 0 Å². The van der Waals surface area contributed by atoms with E-state index in [-0.39, 0.29) is 17.7 Å². The van der Waals surface area contributed by atoms with E-state index in [1.165, 1.54) is 0 Å². The topological polar surface area (TPSA) is 54.3 Å². The van der Waals surface area contributed by atoms with Crippen LogP contribution in [0.2, 0.25) is 5.02 Å². The summed E-state index contributed by atoms with van der Waals surface area (Å²) in [5.74, 6) is 0.894. The molecule has 2 unspecified atom stereocenters. The molecule has 1 aliphatic carbocycles. The second-order valence-corrected chi connectivity index (χ2v) is 7.61. The molecule has 2 heterocycles. The van der Waals surface area contributed by atoms with Crippen LogP contribution in [0.25, 0.3) is 0 Å². The third-order valence-corrected chi connectivity index (χ3v) is 5.83. The van der Waals surface area contributed by atoms with Gasteiger partial charge in [-0.3, -0.25) is 4.79 Å². The lowest BCUT2D eigenvalue weighted by atomic mass is 9.79. The predicted molar refractivity (Wildman–Crippen MR) is 111 cm³/mol. The molecular weight excluding hydrogens is 372 g/mol. The minimum atomic E-state index is -0.319. The Balaban J connectivity index is 1.62. The van der Waals surface area contributed by atoms with Gasteiger partial charge in [-0.1, -0.05) is 41.9 Å². The number of anilines is 2. The first kappa shape index (κ1) is 17.1. The first-order valence-corrected chi connectivity index (χ1v) is 9.75. The molecule has 2 aromatic carbocycles. The summed E-state index contributed by atoms with van der Waals surface area (Å²) >= 11 is 6.43. The van der Waals surface area contributed by atoms with E-state index in [0.717, 1.165) is 40.4 Å². The summed E-state index contributed by atoms with van der Waals surface area (Å²) in [7, 11) is 0. The smallest absolute Gasteiger partial charge is 0.163 e. The van der Waals surface area contributed by atoms with Gasteiger partial charge in [0.15, 0.2) is 5.78 Å². The van der Waals surface area contributed by atoms with Crippen molar-refractivity contribution in [3.63, 3.8) is 0 Å². The van der Waals surface area contributed by atoms with Crippen LogP contribution < -0.4 is 10.6 Å². The lowest BCUT2D eigenvalue weighted by Crippen LogP contribution is -2.26. The zero-order valence-corrected chi connectivity index (χ0v) is 15.9. The fraction of sp³-hybridized carbons (Fsp3) is 0.174. The molecule has 2 aliphatic rings. The van der Waals surface area contributed by atoms with Crippen molar-refractivity contribution in [1.82, 2.24) is 0 Å². The number of furan rings is 1. The molecule has 0 saturated carbocycles. The molecular formula is C23H19ClN2O2. The number of allylic oxidation sites excluding steroid dienone is 1. The number of halogens is 1. The Labute approximate surface area is 168 Å². The fourth-order valence-electron chi connectivity index (χ4n) is 4.19. The molecule has 28 heavy (non-hydrogen) atoms. The minimum absolute atomic E-state index is 0.0509. The highest BCUT2D eigenvalue weighted by molar-refractivity contribution is 6.31. The van der Waals surface area contributed by atoms with Crippen LogP contribution in [0.1, 0.15) is 36.1 Å². The SMILES string of the molecule is O=C1CC(c2ccccc2Cl)CC2=C1C(c1ccco1)Nc1ccccc1N2. The van der Waals surface area contributed by atoms with Crippen molar-refractivity contribution >= 4 is 28.8 Å². The van der Waals surface area contributed by atoms with Gasteiger partial charge in [-0.25, -0.2) is 0 Å². The lowest BCUT2D eigenvalue weighted by molar-refractivity contribution is -0.116. The van der Waals surface area contributed by atoms with E-state index in [0.29, 0.717) is 11.4 Å². The summed E-state index contributed by atoms with van der Waals surface area (Å²) in [4.78, 5) is 13.3. The summed E-state index contributed by atoms with van der Waals surface area (Å²) in [5, 5.41) is 7.72. The molecule has 0 fully saturated rings. The molecule has 3 aromatic rings. The van der Waals surface area contributed by atoms with E-state index >= 15 is 0 Å². The van der Waals surface area contributed by atoms with Crippen molar-refractivity contribution in [2.75, 3.05) is 10.6 Å². The summed E-state index contributed by atoms with van der Waals surface area (Å²) in [6, 6.07) is 19.2. The fourth-order valence-corrected chi connectivity index (χ4v) is 4.48. The van der Waals surface area contributed by atoms with Crippen molar-refractivity contribution < 1.29 is 9.21 Å². The predicted octanol–water partition coefficient (Wildman–Crippen LogP) is 5.91. The average Bonchev–Trinajstić information content (AvgIpc) is 3.17. The average molecular weight is 391 g/mol. The number of ketones is 1. The van der Waals surface area contributed by atoms with E-state index in [4.69, 9.17) is 16.0 Å². The molecule has 5 heteroatoms. The Kier molecular flexibility index (Phi) is 4.21. The Morgan fingerprint density at radius 1 is 0.929 bits per heavy atom. The molecule has 0 bridgehead atoms. The number of hydrogen-bond acceptors (Lipinski definition) is 4. The molecule has 140 valence electrons. The van der Waals surface area contributed by atoms with Gasteiger partial charge in [0.2, 0.25) is 0 Å². The molecule has 1 aliphatic heterocycles. The van der Waals surface area contributed by atoms with Gasteiger partial charge in [-0.15, -0.1) is 0 Å². The largest absolute Gasteiger partial charge is 0.467 e. The van der Waals surface area contributed by atoms with E-state index < -0.39 is 0 Å². The van der Waals surface area contributed by atoms with Gasteiger partial charge in [0.1, 0.15) is 11.8 Å². The number of para-hydroxylation sites is 2. The van der Waals surface area contributed by atoms with Gasteiger partial charge < -0.3 is 15.1 Å². The van der Waals surface area contributed by atoms with Gasteiger partial charge in [0.25, 0.3) is 0 Å². The Hall–Kier alpha value is -2.98. The summed E-state index contributed by atoms with van der Waals surface area (Å²) < 4.78 is 5.67. The van der Waals surface area contributed by atoms with Crippen LogP contribution in [-0.4, -0.2) is 5.78 Å². The lowest BCUT2D eigenvalue weighted by Gasteiger charge is -2.29. The maximum Gasteiger partial charge on any atom is 0.163 e. The highest BCUT2D eigenvalue weighted by Gasteiger charge is 2.37. The second kappa shape index (κ2) is 6.88. The maximum absolute atomic E-state index is 13.3. The van der Waals surface area contributed by atoms with Crippen LogP contribution in [0.5, 0.6) is 0 Å². The zero-order valence-electron chi connectivity index (χ0n) is 15.1. The van der Waals surface area contributed by atoms with E-state index in [9.17, 15) is 4.79 Å². The Bertz CT molecular complexity index is 1070. The molecule has 0 amide bonds. The van der Waals surface area contributed by atoms with Crippen molar-refractivity contribution in [3.05, 3.63) is 94.5 Å². The summed E-state index contributed by atoms with van der Waals surface area (Å²) in [6.45, 7) is 0. The Morgan fingerprint density at radius 2 is 1.71 bits per heavy atom. The monoisotopic (exact) mass is 390 g/mol. The third-order valence-electron chi connectivity index (χ3n) is 5.48. The second-order valence-electron chi connectivity index (χ2n) is 7.21. The number of benzene rings is 2. The van der Waals surface area contributed by atoms with E-state index in [2.05, 4.69) is 10.6 Å². The molecule has 5 rings (SSSR count). The van der Waals surface area contributed by atoms with Crippen molar-refractivity contribution in [2.45, 2.75) is 24.8 Å². The summed E-state index contributed by atoms with van der Waals surface area (Å²) in [5.41, 5.74) is 4.59. The van der Waals surface area contributed by atoms with Crippen molar-refractivity contribution in [3.8, 4) is 0 Å². The quantitative estimate of drug-likeness (QED) is 0.570. The van der Waals surface area contributed by atoms with Gasteiger partial charge in [0, 0.05) is 22.7 Å². The van der Waals surface area contributed by atoms with Crippen LogP contribution in [0.4, 0.5) is 11.4 Å². The third kappa shape index (κ3) is 2.90. The van der Waals surface area contributed by atoms with E-state index in [1.54, 1.807) is 6.26 Å². The molecule has 0 radical (unpaired) electrons. The number of rotatable bonds is 2. The number of nitrogens with one attached hydrogen (secondary N) is 2. The molecule has 2 N–H and O–H groups in total. The highest BCUT2D eigenvalue weighted by atomic mass is 35.5. The Morgan fingerprint density at radius 3 is 2.50 bits per heavy atom. The van der Waals surface area contributed by atoms with Crippen molar-refractivity contribution in [2.24, 2.45) is 0 Å².